The van der Waals surface area contributed by atoms with Gasteiger partial charge in [-0.2, -0.15) is 0 Å². The third-order valence-electron chi connectivity index (χ3n) is 3.11. The number of benzene rings is 1. The van der Waals surface area contributed by atoms with Gasteiger partial charge in [0.05, 0.1) is 6.61 Å². The van der Waals surface area contributed by atoms with E-state index in [9.17, 15) is 0 Å². The average molecular weight is 250 g/mol. The zero-order chi connectivity index (χ0) is 13.6. The van der Waals surface area contributed by atoms with E-state index in [1.807, 2.05) is 0 Å². The van der Waals surface area contributed by atoms with Crippen molar-refractivity contribution < 1.29 is 4.74 Å². The molecular formula is C15H26N2O. The maximum atomic E-state index is 5.81. The summed E-state index contributed by atoms with van der Waals surface area (Å²) in [5.41, 5.74) is 8.59. The first kappa shape index (κ1) is 15.2. The molecule has 0 aliphatic rings. The quantitative estimate of drug-likeness (QED) is 0.761. The van der Waals surface area contributed by atoms with E-state index in [0.29, 0.717) is 13.2 Å². The van der Waals surface area contributed by atoms with Gasteiger partial charge < -0.3 is 15.8 Å². The van der Waals surface area contributed by atoms with E-state index in [1.165, 1.54) is 11.1 Å². The predicted octanol–water partition coefficient (Wildman–Crippen LogP) is 2.22. The van der Waals surface area contributed by atoms with Crippen molar-refractivity contribution in [2.75, 3.05) is 26.8 Å². The second-order valence-corrected chi connectivity index (χ2v) is 5.61. The molecule has 3 N–H and O–H groups in total. The minimum Gasteiger partial charge on any atom is -0.383 e. The molecule has 0 heterocycles. The highest BCUT2D eigenvalue weighted by Crippen LogP contribution is 2.23. The molecule has 0 spiro atoms. The van der Waals surface area contributed by atoms with Crippen LogP contribution in [-0.4, -0.2) is 26.8 Å². The number of nitrogens with one attached hydrogen (secondary N) is 1. The number of nitrogens with two attached hydrogens (primary N) is 1. The number of ether oxygens (including phenoxy) is 1. The van der Waals surface area contributed by atoms with Gasteiger partial charge >= 0.3 is 0 Å². The van der Waals surface area contributed by atoms with Crippen molar-refractivity contribution in [3.8, 4) is 0 Å². The van der Waals surface area contributed by atoms with Gasteiger partial charge in [0.15, 0.2) is 0 Å². The van der Waals surface area contributed by atoms with Crippen LogP contribution in [0.3, 0.4) is 0 Å². The van der Waals surface area contributed by atoms with Gasteiger partial charge in [0, 0.05) is 26.2 Å². The van der Waals surface area contributed by atoms with Gasteiger partial charge in [-0.05, 0) is 16.5 Å². The topological polar surface area (TPSA) is 47.3 Å². The molecule has 0 bridgehead atoms. The molecule has 102 valence electrons. The molecule has 1 unspecified atom stereocenters. The summed E-state index contributed by atoms with van der Waals surface area (Å²) in [5.74, 6) is 0. The number of rotatable bonds is 6. The minimum atomic E-state index is 0.195. The molecule has 0 aliphatic carbocycles. The van der Waals surface area contributed by atoms with Crippen LogP contribution in [0.4, 0.5) is 0 Å². The molecule has 0 aromatic heterocycles. The van der Waals surface area contributed by atoms with Crippen molar-refractivity contribution in [3.05, 3.63) is 35.4 Å². The summed E-state index contributed by atoms with van der Waals surface area (Å²) >= 11 is 0. The summed E-state index contributed by atoms with van der Waals surface area (Å²) < 4.78 is 5.03. The SMILES string of the molecule is COCCNC(CN)c1ccc(C(C)(C)C)cc1. The van der Waals surface area contributed by atoms with Crippen molar-refractivity contribution in [2.45, 2.75) is 32.2 Å². The van der Waals surface area contributed by atoms with Gasteiger partial charge in [-0.1, -0.05) is 45.0 Å². The second-order valence-electron chi connectivity index (χ2n) is 5.61. The molecule has 1 atom stereocenters. The zero-order valence-corrected chi connectivity index (χ0v) is 12.0. The summed E-state index contributed by atoms with van der Waals surface area (Å²) in [6.45, 7) is 8.78. The van der Waals surface area contributed by atoms with Crippen LogP contribution in [0.5, 0.6) is 0 Å². The molecule has 0 fully saturated rings. The van der Waals surface area contributed by atoms with Gasteiger partial charge in [0.2, 0.25) is 0 Å². The number of hydrogen-bond donors (Lipinski definition) is 2. The van der Waals surface area contributed by atoms with E-state index < -0.39 is 0 Å². The van der Waals surface area contributed by atoms with Crippen LogP contribution in [0.1, 0.15) is 37.9 Å². The second kappa shape index (κ2) is 6.88. The van der Waals surface area contributed by atoms with Gasteiger partial charge in [-0.3, -0.25) is 0 Å². The van der Waals surface area contributed by atoms with Gasteiger partial charge in [-0.15, -0.1) is 0 Å². The molecule has 3 heteroatoms. The van der Waals surface area contributed by atoms with Crippen molar-refractivity contribution >= 4 is 0 Å². The van der Waals surface area contributed by atoms with E-state index in [4.69, 9.17) is 10.5 Å². The molecule has 0 radical (unpaired) electrons. The van der Waals surface area contributed by atoms with Crippen LogP contribution in [0.2, 0.25) is 0 Å². The Balaban J connectivity index is 2.69. The predicted molar refractivity (Wildman–Crippen MR) is 76.8 cm³/mol. The molecule has 0 aliphatic heterocycles. The summed E-state index contributed by atoms with van der Waals surface area (Å²) in [6.07, 6.45) is 0. The minimum absolute atomic E-state index is 0.195. The number of hydrogen-bond acceptors (Lipinski definition) is 3. The molecular weight excluding hydrogens is 224 g/mol. The van der Waals surface area contributed by atoms with Gasteiger partial charge in [0.1, 0.15) is 0 Å². The first-order valence-electron chi connectivity index (χ1n) is 6.52. The molecule has 1 aromatic rings. The van der Waals surface area contributed by atoms with Crippen LogP contribution in [0.15, 0.2) is 24.3 Å². The lowest BCUT2D eigenvalue weighted by atomic mass is 9.86. The Hall–Kier alpha value is -0.900. The van der Waals surface area contributed by atoms with Crippen molar-refractivity contribution in [1.29, 1.82) is 0 Å². The highest BCUT2D eigenvalue weighted by atomic mass is 16.5. The van der Waals surface area contributed by atoms with Crippen LogP contribution < -0.4 is 11.1 Å². The first-order chi connectivity index (χ1) is 8.49. The van der Waals surface area contributed by atoms with E-state index in [0.717, 1.165) is 6.54 Å². The van der Waals surface area contributed by atoms with Gasteiger partial charge in [0.25, 0.3) is 0 Å². The number of methoxy groups -OCH3 is 1. The summed E-state index contributed by atoms with van der Waals surface area (Å²) in [5, 5.41) is 3.39. The molecule has 18 heavy (non-hydrogen) atoms. The Bertz CT molecular complexity index is 341. The van der Waals surface area contributed by atoms with Crippen LogP contribution >= 0.6 is 0 Å². The van der Waals surface area contributed by atoms with E-state index in [-0.39, 0.29) is 11.5 Å². The monoisotopic (exact) mass is 250 g/mol. The molecule has 1 rings (SSSR count). The van der Waals surface area contributed by atoms with Crippen molar-refractivity contribution in [1.82, 2.24) is 5.32 Å². The first-order valence-corrected chi connectivity index (χ1v) is 6.52. The van der Waals surface area contributed by atoms with Crippen molar-refractivity contribution in [2.24, 2.45) is 5.73 Å². The van der Waals surface area contributed by atoms with Crippen LogP contribution in [0, 0.1) is 0 Å². The third kappa shape index (κ3) is 4.41. The fraction of sp³-hybridized carbons (Fsp3) is 0.600. The summed E-state index contributed by atoms with van der Waals surface area (Å²) in [7, 11) is 1.71. The fourth-order valence-corrected chi connectivity index (χ4v) is 1.89. The van der Waals surface area contributed by atoms with Gasteiger partial charge in [-0.25, -0.2) is 0 Å². The lowest BCUT2D eigenvalue weighted by molar-refractivity contribution is 0.196. The Labute approximate surface area is 111 Å². The molecule has 0 saturated carbocycles. The Morgan fingerprint density at radius 2 is 1.83 bits per heavy atom. The molecule has 0 saturated heterocycles. The average Bonchev–Trinajstić information content (AvgIpc) is 2.34. The Morgan fingerprint density at radius 1 is 1.22 bits per heavy atom. The third-order valence-corrected chi connectivity index (χ3v) is 3.11. The van der Waals surface area contributed by atoms with E-state index in [2.05, 4.69) is 50.4 Å². The Kier molecular flexibility index (Phi) is 5.79. The zero-order valence-electron chi connectivity index (χ0n) is 12.0. The van der Waals surface area contributed by atoms with Crippen molar-refractivity contribution in [3.63, 3.8) is 0 Å². The molecule has 0 amide bonds. The fourth-order valence-electron chi connectivity index (χ4n) is 1.89. The molecule has 1 aromatic carbocycles. The molecule has 3 nitrogen and oxygen atoms in total. The Morgan fingerprint density at radius 3 is 2.28 bits per heavy atom. The lowest BCUT2D eigenvalue weighted by Gasteiger charge is -2.21. The van der Waals surface area contributed by atoms with E-state index >= 15 is 0 Å². The maximum absolute atomic E-state index is 5.81. The standard InChI is InChI=1S/C15H26N2O/c1-15(2,3)13-7-5-12(6-8-13)14(11-16)17-9-10-18-4/h5-8,14,17H,9-11,16H2,1-4H3. The highest BCUT2D eigenvalue weighted by Gasteiger charge is 2.14. The van der Waals surface area contributed by atoms with Crippen LogP contribution in [-0.2, 0) is 10.2 Å². The summed E-state index contributed by atoms with van der Waals surface area (Å²) in [4.78, 5) is 0. The smallest absolute Gasteiger partial charge is 0.0587 e. The normalized spacial score (nSPS) is 13.6. The maximum Gasteiger partial charge on any atom is 0.0587 e. The lowest BCUT2D eigenvalue weighted by Crippen LogP contribution is -2.30. The summed E-state index contributed by atoms with van der Waals surface area (Å²) in [6, 6.07) is 8.91. The van der Waals surface area contributed by atoms with Crippen LogP contribution in [0.25, 0.3) is 0 Å². The van der Waals surface area contributed by atoms with E-state index in [1.54, 1.807) is 7.11 Å². The highest BCUT2D eigenvalue weighted by molar-refractivity contribution is 5.29. The largest absolute Gasteiger partial charge is 0.383 e.